The van der Waals surface area contributed by atoms with Crippen molar-refractivity contribution in [1.82, 2.24) is 10.7 Å². The predicted octanol–water partition coefficient (Wildman–Crippen LogP) is -0.144. The Hall–Kier alpha value is -2.08. The van der Waals surface area contributed by atoms with E-state index in [9.17, 15) is 5.11 Å². The number of hydrogen-bond donors (Lipinski definition) is 4. The number of ether oxygens (including phenoxy) is 1. The van der Waals surface area contributed by atoms with Gasteiger partial charge in [0.15, 0.2) is 17.7 Å². The maximum absolute atomic E-state index is 9.56. The van der Waals surface area contributed by atoms with E-state index in [1.165, 1.54) is 0 Å². The van der Waals surface area contributed by atoms with Gasteiger partial charge in [-0.1, -0.05) is 6.08 Å². The first-order valence-electron chi connectivity index (χ1n) is 5.86. The highest BCUT2D eigenvalue weighted by Crippen LogP contribution is 2.25. The normalized spacial score (nSPS) is 10.2. The van der Waals surface area contributed by atoms with Crippen molar-refractivity contribution in [3.8, 4) is 11.5 Å². The number of aromatic hydroxyl groups is 1. The number of phenols is 1. The van der Waals surface area contributed by atoms with Gasteiger partial charge in [-0.15, -0.1) is 17.1 Å². The van der Waals surface area contributed by atoms with Gasteiger partial charge in [-0.3, -0.25) is 0 Å². The van der Waals surface area contributed by atoms with Gasteiger partial charge in [-0.2, -0.15) is 0 Å². The molecular weight excluding hydrogens is 262 g/mol. The molecule has 6 heteroatoms. The van der Waals surface area contributed by atoms with Gasteiger partial charge in [0.1, 0.15) is 0 Å². The molecule has 0 amide bonds. The minimum Gasteiger partial charge on any atom is -0.504 e. The van der Waals surface area contributed by atoms with Gasteiger partial charge in [0, 0.05) is 12.1 Å². The van der Waals surface area contributed by atoms with Crippen LogP contribution in [0.5, 0.6) is 11.5 Å². The van der Waals surface area contributed by atoms with Crippen LogP contribution in [-0.2, 0) is 0 Å². The molecule has 1 aromatic rings. The van der Waals surface area contributed by atoms with Crippen molar-refractivity contribution < 1.29 is 14.9 Å². The monoisotopic (exact) mass is 280 g/mol. The third kappa shape index (κ3) is 5.39. The fourth-order valence-corrected chi connectivity index (χ4v) is 1.43. The van der Waals surface area contributed by atoms with Crippen LogP contribution in [-0.4, -0.2) is 29.6 Å². The zero-order valence-electron chi connectivity index (χ0n) is 10.8. The highest BCUT2D eigenvalue weighted by molar-refractivity contribution is 7.80. The van der Waals surface area contributed by atoms with Crippen LogP contribution in [0.1, 0.15) is 12.5 Å². The Bertz CT molecular complexity index is 475. The van der Waals surface area contributed by atoms with Crippen molar-refractivity contribution in [2.45, 2.75) is 6.92 Å². The topological polar surface area (TPSA) is 67.5 Å². The van der Waals surface area contributed by atoms with Crippen LogP contribution < -0.4 is 20.6 Å². The molecule has 0 saturated carbocycles. The largest absolute Gasteiger partial charge is 0.504 e. The van der Waals surface area contributed by atoms with Crippen molar-refractivity contribution in [2.75, 3.05) is 13.2 Å². The Kier molecular flexibility index (Phi) is 6.38. The van der Waals surface area contributed by atoms with Gasteiger partial charge in [-0.05, 0) is 37.3 Å². The number of phenolic OH excluding ortho intramolecular Hbond substituents is 1. The number of rotatable bonds is 6. The molecule has 0 aliphatic heterocycles. The number of benzene rings is 1. The van der Waals surface area contributed by atoms with Crippen LogP contribution in [0.4, 0.5) is 0 Å². The molecule has 0 heterocycles. The standard InChI is InChI=1S/C13H17N3O2S/c1-3-7-14-13(19)16-15-9-10-5-6-11(17)12(8-10)18-4-2/h3,5-6,8-9,17H,1,4,7H2,2H3,(H2,14,16,19)/p+1. The maximum Gasteiger partial charge on any atom is 0.224 e. The minimum atomic E-state index is 0.120. The molecule has 0 aliphatic carbocycles. The second kappa shape index (κ2) is 8.10. The first-order valence-corrected chi connectivity index (χ1v) is 6.27. The molecule has 0 spiro atoms. The van der Waals surface area contributed by atoms with E-state index in [0.29, 0.717) is 24.0 Å². The summed E-state index contributed by atoms with van der Waals surface area (Å²) in [4.78, 5) is 0. The SMILES string of the molecule is C=CCNC(=S)N[NH+]=Cc1ccc(O)c(OCC)c1. The highest BCUT2D eigenvalue weighted by atomic mass is 32.1. The van der Waals surface area contributed by atoms with Gasteiger partial charge in [0.25, 0.3) is 0 Å². The summed E-state index contributed by atoms with van der Waals surface area (Å²) in [6, 6.07) is 5.06. The predicted molar refractivity (Wildman–Crippen MR) is 79.3 cm³/mol. The molecule has 0 radical (unpaired) electrons. The fourth-order valence-electron chi connectivity index (χ4n) is 1.29. The van der Waals surface area contributed by atoms with Crippen molar-refractivity contribution in [1.29, 1.82) is 0 Å². The molecule has 4 N–H and O–H groups in total. The number of nitrogens with one attached hydrogen (secondary N) is 3. The van der Waals surface area contributed by atoms with E-state index >= 15 is 0 Å². The Morgan fingerprint density at radius 1 is 1.58 bits per heavy atom. The van der Waals surface area contributed by atoms with Crippen molar-refractivity contribution in [3.05, 3.63) is 36.4 Å². The first kappa shape index (κ1) is 15.0. The van der Waals surface area contributed by atoms with Crippen LogP contribution in [0, 0.1) is 0 Å². The number of hydrazone groups is 1. The highest BCUT2D eigenvalue weighted by Gasteiger charge is 2.03. The summed E-state index contributed by atoms with van der Waals surface area (Å²) in [5.41, 5.74) is 3.64. The van der Waals surface area contributed by atoms with Crippen LogP contribution in [0.3, 0.4) is 0 Å². The lowest BCUT2D eigenvalue weighted by Crippen LogP contribution is -2.82. The number of hydrogen-bond acceptors (Lipinski definition) is 3. The zero-order chi connectivity index (χ0) is 14.1. The Morgan fingerprint density at radius 2 is 2.37 bits per heavy atom. The van der Waals surface area contributed by atoms with E-state index in [-0.39, 0.29) is 5.75 Å². The molecule has 102 valence electrons. The minimum absolute atomic E-state index is 0.120. The van der Waals surface area contributed by atoms with Gasteiger partial charge >= 0.3 is 0 Å². The van der Waals surface area contributed by atoms with Gasteiger partial charge in [-0.25, -0.2) is 0 Å². The quantitative estimate of drug-likeness (QED) is 0.253. The maximum atomic E-state index is 9.56. The van der Waals surface area contributed by atoms with Crippen LogP contribution in [0.2, 0.25) is 0 Å². The van der Waals surface area contributed by atoms with Crippen LogP contribution >= 0.6 is 12.2 Å². The summed E-state index contributed by atoms with van der Waals surface area (Å²) in [6.45, 7) is 6.54. The molecule has 1 rings (SSSR count). The molecule has 0 bridgehead atoms. The molecule has 1 aromatic carbocycles. The summed E-state index contributed by atoms with van der Waals surface area (Å²) in [5.74, 6) is 0.570. The van der Waals surface area contributed by atoms with Crippen molar-refractivity contribution >= 4 is 23.5 Å². The summed E-state index contributed by atoms with van der Waals surface area (Å²) in [5, 5.41) is 15.8. The van der Waals surface area contributed by atoms with Crippen molar-refractivity contribution in [2.24, 2.45) is 0 Å². The summed E-state index contributed by atoms with van der Waals surface area (Å²) in [7, 11) is 0. The van der Waals surface area contributed by atoms with Gasteiger partial charge in [0.05, 0.1) is 6.61 Å². The molecule has 0 atom stereocenters. The average molecular weight is 280 g/mol. The third-order valence-corrected chi connectivity index (χ3v) is 2.36. The molecular formula is C13H18N3O2S+. The molecule has 0 saturated heterocycles. The second-order valence-electron chi connectivity index (χ2n) is 3.57. The zero-order valence-corrected chi connectivity index (χ0v) is 11.6. The van der Waals surface area contributed by atoms with Gasteiger partial charge in [0.2, 0.25) is 5.11 Å². The van der Waals surface area contributed by atoms with Crippen molar-refractivity contribution in [3.63, 3.8) is 0 Å². The Balaban J connectivity index is 2.59. The molecule has 19 heavy (non-hydrogen) atoms. The molecule has 0 unspecified atom stereocenters. The number of thiocarbonyl (C=S) groups is 1. The Morgan fingerprint density at radius 3 is 3.05 bits per heavy atom. The lowest BCUT2D eigenvalue weighted by atomic mass is 10.2. The number of hydrazine groups is 1. The average Bonchev–Trinajstić information content (AvgIpc) is 2.40. The summed E-state index contributed by atoms with van der Waals surface area (Å²) in [6.07, 6.45) is 3.43. The fraction of sp³-hybridized carbons (Fsp3) is 0.231. The first-order chi connectivity index (χ1) is 9.17. The van der Waals surface area contributed by atoms with E-state index in [2.05, 4.69) is 22.4 Å². The Labute approximate surface area is 118 Å². The lowest BCUT2D eigenvalue weighted by molar-refractivity contribution is -0.500. The molecule has 0 aliphatic rings. The van der Waals surface area contributed by atoms with E-state index in [4.69, 9.17) is 17.0 Å². The van der Waals surface area contributed by atoms with E-state index in [1.807, 2.05) is 6.92 Å². The summed E-state index contributed by atoms with van der Waals surface area (Å²) >= 11 is 5.01. The molecule has 0 fully saturated rings. The lowest BCUT2D eigenvalue weighted by Gasteiger charge is -2.05. The van der Waals surface area contributed by atoms with E-state index < -0.39 is 0 Å². The van der Waals surface area contributed by atoms with E-state index in [0.717, 1.165) is 5.56 Å². The smallest absolute Gasteiger partial charge is 0.224 e. The van der Waals surface area contributed by atoms with E-state index in [1.54, 1.807) is 30.5 Å². The van der Waals surface area contributed by atoms with Crippen LogP contribution in [0.25, 0.3) is 0 Å². The summed E-state index contributed by atoms with van der Waals surface area (Å²) < 4.78 is 5.29. The second-order valence-corrected chi connectivity index (χ2v) is 3.98. The van der Waals surface area contributed by atoms with Crippen LogP contribution in [0.15, 0.2) is 30.9 Å². The molecule has 5 nitrogen and oxygen atoms in total. The third-order valence-electron chi connectivity index (χ3n) is 2.12. The molecule has 0 aromatic heterocycles. The van der Waals surface area contributed by atoms with Gasteiger partial charge < -0.3 is 15.2 Å².